The van der Waals surface area contributed by atoms with E-state index in [2.05, 4.69) is 16.7 Å². The first-order valence-corrected chi connectivity index (χ1v) is 6.25. The Morgan fingerprint density at radius 2 is 1.81 bits per heavy atom. The van der Waals surface area contributed by atoms with E-state index < -0.39 is 11.5 Å². The Balaban J connectivity index is 2.55. The number of carbonyl (C=O) groups is 1. The standard InChI is InChI=1S/C12H24N2O2/c1-4-6-13-7-9-14(10-8-13)12(3,5-2)11(15)16/h4-10H2,1-3H3,(H,15,16). The highest BCUT2D eigenvalue weighted by Crippen LogP contribution is 2.21. The van der Waals surface area contributed by atoms with Crippen LogP contribution in [0, 0.1) is 0 Å². The Morgan fingerprint density at radius 3 is 2.19 bits per heavy atom. The third-order valence-electron chi connectivity index (χ3n) is 3.76. The first-order chi connectivity index (χ1) is 7.54. The summed E-state index contributed by atoms with van der Waals surface area (Å²) in [5.41, 5.74) is -0.682. The van der Waals surface area contributed by atoms with Crippen molar-refractivity contribution in [2.45, 2.75) is 39.2 Å². The molecule has 0 amide bonds. The second kappa shape index (κ2) is 5.64. The second-order valence-electron chi connectivity index (χ2n) is 4.76. The second-order valence-corrected chi connectivity index (χ2v) is 4.76. The van der Waals surface area contributed by atoms with Crippen molar-refractivity contribution in [3.05, 3.63) is 0 Å². The van der Waals surface area contributed by atoms with Gasteiger partial charge in [0.2, 0.25) is 0 Å². The molecule has 4 nitrogen and oxygen atoms in total. The van der Waals surface area contributed by atoms with Crippen LogP contribution in [0.15, 0.2) is 0 Å². The molecule has 0 aromatic heterocycles. The monoisotopic (exact) mass is 228 g/mol. The van der Waals surface area contributed by atoms with Gasteiger partial charge in [0.05, 0.1) is 0 Å². The zero-order valence-electron chi connectivity index (χ0n) is 10.7. The highest BCUT2D eigenvalue weighted by molar-refractivity contribution is 5.78. The molecule has 1 aliphatic heterocycles. The van der Waals surface area contributed by atoms with Crippen molar-refractivity contribution in [1.29, 1.82) is 0 Å². The van der Waals surface area contributed by atoms with Gasteiger partial charge in [-0.1, -0.05) is 13.8 Å². The van der Waals surface area contributed by atoms with Gasteiger partial charge in [-0.05, 0) is 26.3 Å². The van der Waals surface area contributed by atoms with Crippen molar-refractivity contribution < 1.29 is 9.90 Å². The summed E-state index contributed by atoms with van der Waals surface area (Å²) in [6.45, 7) is 10.8. The number of hydrogen-bond acceptors (Lipinski definition) is 3. The van der Waals surface area contributed by atoms with E-state index in [4.69, 9.17) is 0 Å². The van der Waals surface area contributed by atoms with Crippen molar-refractivity contribution in [3.8, 4) is 0 Å². The van der Waals surface area contributed by atoms with E-state index in [-0.39, 0.29) is 0 Å². The molecule has 1 rings (SSSR count). The van der Waals surface area contributed by atoms with Gasteiger partial charge in [-0.2, -0.15) is 0 Å². The van der Waals surface area contributed by atoms with Crippen LogP contribution >= 0.6 is 0 Å². The molecule has 1 atom stereocenters. The van der Waals surface area contributed by atoms with Crippen molar-refractivity contribution in [2.75, 3.05) is 32.7 Å². The molecule has 1 saturated heterocycles. The third-order valence-corrected chi connectivity index (χ3v) is 3.76. The maximum atomic E-state index is 11.3. The minimum Gasteiger partial charge on any atom is -0.480 e. The number of aliphatic carboxylic acids is 1. The maximum absolute atomic E-state index is 11.3. The minimum absolute atomic E-state index is 0.663. The van der Waals surface area contributed by atoms with Crippen molar-refractivity contribution in [1.82, 2.24) is 9.80 Å². The first kappa shape index (κ1) is 13.5. The molecule has 1 fully saturated rings. The predicted molar refractivity (Wildman–Crippen MR) is 64.6 cm³/mol. The first-order valence-electron chi connectivity index (χ1n) is 6.25. The molecule has 0 bridgehead atoms. The molecular weight excluding hydrogens is 204 g/mol. The number of carboxylic acid groups (broad SMARTS) is 1. The summed E-state index contributed by atoms with van der Waals surface area (Å²) in [6.07, 6.45) is 1.83. The SMILES string of the molecule is CCCN1CCN(C(C)(CC)C(=O)O)CC1. The lowest BCUT2D eigenvalue weighted by atomic mass is 9.95. The summed E-state index contributed by atoms with van der Waals surface area (Å²) in [5.74, 6) is -0.695. The van der Waals surface area contributed by atoms with Gasteiger partial charge in [-0.15, -0.1) is 0 Å². The van der Waals surface area contributed by atoms with E-state index in [9.17, 15) is 9.90 Å². The van der Waals surface area contributed by atoms with Crippen molar-refractivity contribution >= 4 is 5.97 Å². The average molecular weight is 228 g/mol. The molecule has 1 unspecified atom stereocenters. The Bertz CT molecular complexity index is 237. The van der Waals surface area contributed by atoms with Crippen LogP contribution in [0.5, 0.6) is 0 Å². The predicted octanol–water partition coefficient (Wildman–Crippen LogP) is 1.27. The van der Waals surface area contributed by atoms with Crippen LogP contribution in [0.3, 0.4) is 0 Å². The Labute approximate surface area is 98.2 Å². The smallest absolute Gasteiger partial charge is 0.323 e. The lowest BCUT2D eigenvalue weighted by Gasteiger charge is -2.43. The van der Waals surface area contributed by atoms with Crippen LogP contribution in [0.25, 0.3) is 0 Å². The van der Waals surface area contributed by atoms with E-state index in [0.29, 0.717) is 6.42 Å². The van der Waals surface area contributed by atoms with Crippen LogP contribution in [0.1, 0.15) is 33.6 Å². The molecule has 0 aromatic carbocycles. The maximum Gasteiger partial charge on any atom is 0.323 e. The van der Waals surface area contributed by atoms with E-state index >= 15 is 0 Å². The van der Waals surface area contributed by atoms with Crippen molar-refractivity contribution in [3.63, 3.8) is 0 Å². The minimum atomic E-state index is -0.695. The highest BCUT2D eigenvalue weighted by Gasteiger charge is 2.38. The van der Waals surface area contributed by atoms with Crippen LogP contribution in [0.4, 0.5) is 0 Å². The fourth-order valence-corrected chi connectivity index (χ4v) is 2.29. The zero-order chi connectivity index (χ0) is 12.2. The largest absolute Gasteiger partial charge is 0.480 e. The summed E-state index contributed by atoms with van der Waals surface area (Å²) in [5, 5.41) is 9.30. The Morgan fingerprint density at radius 1 is 1.25 bits per heavy atom. The van der Waals surface area contributed by atoms with Gasteiger partial charge in [0, 0.05) is 26.2 Å². The molecule has 0 saturated carbocycles. The molecule has 0 radical (unpaired) electrons. The molecule has 16 heavy (non-hydrogen) atoms. The van der Waals surface area contributed by atoms with Gasteiger partial charge in [0.15, 0.2) is 0 Å². The number of nitrogens with zero attached hydrogens (tertiary/aromatic N) is 2. The molecule has 0 aromatic rings. The van der Waals surface area contributed by atoms with E-state index in [1.165, 1.54) is 6.42 Å². The fourth-order valence-electron chi connectivity index (χ4n) is 2.29. The lowest BCUT2D eigenvalue weighted by molar-refractivity contribution is -0.152. The molecule has 0 aliphatic carbocycles. The number of piperazine rings is 1. The van der Waals surface area contributed by atoms with E-state index in [1.54, 1.807) is 0 Å². The number of carboxylic acids is 1. The van der Waals surface area contributed by atoms with E-state index in [0.717, 1.165) is 32.7 Å². The normalized spacial score (nSPS) is 22.9. The van der Waals surface area contributed by atoms with Gasteiger partial charge in [0.1, 0.15) is 5.54 Å². The van der Waals surface area contributed by atoms with E-state index in [1.807, 2.05) is 13.8 Å². The topological polar surface area (TPSA) is 43.8 Å². The molecule has 4 heteroatoms. The lowest BCUT2D eigenvalue weighted by Crippen LogP contribution is -2.59. The van der Waals surface area contributed by atoms with Crippen LogP contribution < -0.4 is 0 Å². The summed E-state index contributed by atoms with van der Waals surface area (Å²) in [4.78, 5) is 15.8. The van der Waals surface area contributed by atoms with Crippen LogP contribution in [0.2, 0.25) is 0 Å². The zero-order valence-corrected chi connectivity index (χ0v) is 10.7. The number of hydrogen-bond donors (Lipinski definition) is 1. The molecule has 1 heterocycles. The Hall–Kier alpha value is -0.610. The fraction of sp³-hybridized carbons (Fsp3) is 0.917. The van der Waals surface area contributed by atoms with Gasteiger partial charge < -0.3 is 10.0 Å². The van der Waals surface area contributed by atoms with Crippen LogP contribution in [-0.2, 0) is 4.79 Å². The van der Waals surface area contributed by atoms with Gasteiger partial charge in [0.25, 0.3) is 0 Å². The highest BCUT2D eigenvalue weighted by atomic mass is 16.4. The Kier molecular flexibility index (Phi) is 4.74. The molecule has 0 spiro atoms. The molecule has 1 N–H and O–H groups in total. The molecule has 1 aliphatic rings. The van der Waals surface area contributed by atoms with Gasteiger partial charge >= 0.3 is 5.97 Å². The molecule has 94 valence electrons. The third kappa shape index (κ3) is 2.74. The van der Waals surface area contributed by atoms with Crippen molar-refractivity contribution in [2.24, 2.45) is 0 Å². The summed E-state index contributed by atoms with van der Waals surface area (Å²) in [6, 6.07) is 0. The quantitative estimate of drug-likeness (QED) is 0.769. The summed E-state index contributed by atoms with van der Waals surface area (Å²) in [7, 11) is 0. The summed E-state index contributed by atoms with van der Waals surface area (Å²) >= 11 is 0. The van der Waals surface area contributed by atoms with Crippen LogP contribution in [-0.4, -0.2) is 59.1 Å². The average Bonchev–Trinajstić information content (AvgIpc) is 2.29. The summed E-state index contributed by atoms with van der Waals surface area (Å²) < 4.78 is 0. The molecular formula is C12H24N2O2. The number of rotatable bonds is 5. The van der Waals surface area contributed by atoms with Gasteiger partial charge in [-0.3, -0.25) is 9.69 Å². The van der Waals surface area contributed by atoms with Gasteiger partial charge in [-0.25, -0.2) is 0 Å².